The fraction of sp³-hybridized carbons (Fsp3) is 0.412. The number of benzene rings is 1. The third-order valence-corrected chi connectivity index (χ3v) is 5.27. The van der Waals surface area contributed by atoms with Crippen LogP contribution in [0.1, 0.15) is 41.1 Å². The van der Waals surface area contributed by atoms with Gasteiger partial charge >= 0.3 is 0 Å². The van der Waals surface area contributed by atoms with Gasteiger partial charge in [-0.15, -0.1) is 11.3 Å². The molecule has 116 valence electrons. The number of aromatic nitrogens is 1. The summed E-state index contributed by atoms with van der Waals surface area (Å²) >= 11 is 1.58. The van der Waals surface area contributed by atoms with E-state index in [0.29, 0.717) is 6.54 Å². The molecule has 1 amide bonds. The lowest BCUT2D eigenvalue weighted by Crippen LogP contribution is -2.42. The second-order valence-corrected chi connectivity index (χ2v) is 7.15. The second kappa shape index (κ2) is 6.16. The van der Waals surface area contributed by atoms with Crippen LogP contribution in [0.3, 0.4) is 0 Å². The van der Waals surface area contributed by atoms with Crippen molar-refractivity contribution in [3.05, 3.63) is 51.7 Å². The second-order valence-electron chi connectivity index (χ2n) is 5.83. The molecule has 1 aliphatic carbocycles. The quantitative estimate of drug-likeness (QED) is 0.933. The lowest BCUT2D eigenvalue weighted by Gasteiger charge is -2.28. The zero-order valence-corrected chi connectivity index (χ0v) is 13.4. The van der Waals surface area contributed by atoms with Gasteiger partial charge in [-0.1, -0.05) is 25.0 Å². The number of hydrogen-bond donors (Lipinski definition) is 1. The van der Waals surface area contributed by atoms with Crippen molar-refractivity contribution in [2.75, 3.05) is 0 Å². The Labute approximate surface area is 133 Å². The van der Waals surface area contributed by atoms with E-state index in [2.05, 4.69) is 10.3 Å². The van der Waals surface area contributed by atoms with Crippen molar-refractivity contribution in [2.45, 2.75) is 44.6 Å². The Morgan fingerprint density at radius 1 is 1.41 bits per heavy atom. The van der Waals surface area contributed by atoms with Crippen molar-refractivity contribution in [3.63, 3.8) is 0 Å². The molecule has 0 unspecified atom stereocenters. The molecule has 0 spiro atoms. The van der Waals surface area contributed by atoms with Crippen molar-refractivity contribution >= 4 is 17.2 Å². The minimum Gasteiger partial charge on any atom is -0.350 e. The molecular formula is C17H19FN2OS. The van der Waals surface area contributed by atoms with E-state index >= 15 is 0 Å². The maximum atomic E-state index is 13.6. The zero-order valence-electron chi connectivity index (χ0n) is 12.6. The SMILES string of the molecule is Cc1ncc(CNC(=O)C2(c3cccc(F)c3)CCCC2)s1. The molecular weight excluding hydrogens is 299 g/mol. The Balaban J connectivity index is 1.79. The van der Waals surface area contributed by atoms with Crippen LogP contribution in [0.2, 0.25) is 0 Å². The molecule has 1 fully saturated rings. The van der Waals surface area contributed by atoms with Gasteiger partial charge in [-0.2, -0.15) is 0 Å². The first-order valence-electron chi connectivity index (χ1n) is 7.56. The molecule has 5 heteroatoms. The molecule has 1 N–H and O–H groups in total. The summed E-state index contributed by atoms with van der Waals surface area (Å²) in [5.74, 6) is -0.281. The first kappa shape index (κ1) is 15.2. The lowest BCUT2D eigenvalue weighted by atomic mass is 9.78. The van der Waals surface area contributed by atoms with Gasteiger partial charge in [-0.3, -0.25) is 4.79 Å². The number of nitrogens with zero attached hydrogens (tertiary/aromatic N) is 1. The molecule has 0 atom stereocenters. The van der Waals surface area contributed by atoms with Crippen LogP contribution in [0.5, 0.6) is 0 Å². The Morgan fingerprint density at radius 3 is 2.82 bits per heavy atom. The van der Waals surface area contributed by atoms with E-state index in [1.54, 1.807) is 23.6 Å². The summed E-state index contributed by atoms with van der Waals surface area (Å²) in [5, 5.41) is 4.01. The van der Waals surface area contributed by atoms with Crippen LogP contribution < -0.4 is 5.32 Å². The molecule has 3 nitrogen and oxygen atoms in total. The average Bonchev–Trinajstić information content (AvgIpc) is 3.14. The maximum absolute atomic E-state index is 13.6. The van der Waals surface area contributed by atoms with Gasteiger partial charge in [0.15, 0.2) is 0 Å². The van der Waals surface area contributed by atoms with E-state index in [-0.39, 0.29) is 11.7 Å². The number of aryl methyl sites for hydroxylation is 1. The fourth-order valence-corrected chi connectivity index (χ4v) is 3.97. The fourth-order valence-electron chi connectivity index (χ4n) is 3.24. The van der Waals surface area contributed by atoms with Gasteiger partial charge < -0.3 is 5.32 Å². The Hall–Kier alpha value is -1.75. The van der Waals surface area contributed by atoms with E-state index < -0.39 is 5.41 Å². The van der Waals surface area contributed by atoms with Gasteiger partial charge in [0.2, 0.25) is 5.91 Å². The first-order chi connectivity index (χ1) is 10.6. The summed E-state index contributed by atoms with van der Waals surface area (Å²) in [4.78, 5) is 18.0. The van der Waals surface area contributed by atoms with Crippen molar-refractivity contribution < 1.29 is 9.18 Å². The minimum atomic E-state index is -0.582. The lowest BCUT2D eigenvalue weighted by molar-refractivity contribution is -0.126. The number of rotatable bonds is 4. The number of halogens is 1. The molecule has 1 aromatic carbocycles. The average molecular weight is 318 g/mol. The normalized spacial score (nSPS) is 16.6. The predicted molar refractivity (Wildman–Crippen MR) is 85.2 cm³/mol. The highest BCUT2D eigenvalue weighted by Crippen LogP contribution is 2.41. The van der Waals surface area contributed by atoms with Crippen LogP contribution in [0, 0.1) is 12.7 Å². The number of amides is 1. The first-order valence-corrected chi connectivity index (χ1v) is 8.37. The molecule has 2 aromatic rings. The summed E-state index contributed by atoms with van der Waals surface area (Å²) in [5.41, 5.74) is 0.213. The highest BCUT2D eigenvalue weighted by atomic mass is 32.1. The van der Waals surface area contributed by atoms with E-state index in [9.17, 15) is 9.18 Å². The highest BCUT2D eigenvalue weighted by molar-refractivity contribution is 7.11. The van der Waals surface area contributed by atoms with Crippen molar-refractivity contribution in [2.24, 2.45) is 0 Å². The van der Waals surface area contributed by atoms with Crippen molar-refractivity contribution in [3.8, 4) is 0 Å². The van der Waals surface area contributed by atoms with E-state index in [1.807, 2.05) is 13.0 Å². The molecule has 1 heterocycles. The van der Waals surface area contributed by atoms with Crippen molar-refractivity contribution in [1.29, 1.82) is 0 Å². The summed E-state index contributed by atoms with van der Waals surface area (Å²) < 4.78 is 13.6. The van der Waals surface area contributed by atoms with E-state index in [0.717, 1.165) is 41.1 Å². The monoisotopic (exact) mass is 318 g/mol. The molecule has 3 rings (SSSR count). The van der Waals surface area contributed by atoms with Crippen LogP contribution in [0.15, 0.2) is 30.5 Å². The van der Waals surface area contributed by atoms with Crippen LogP contribution in [0.25, 0.3) is 0 Å². The Kier molecular flexibility index (Phi) is 4.25. The van der Waals surface area contributed by atoms with Gasteiger partial charge in [0.1, 0.15) is 5.82 Å². The number of carbonyl (C=O) groups is 1. The third kappa shape index (κ3) is 2.90. The molecule has 1 saturated carbocycles. The third-order valence-electron chi connectivity index (χ3n) is 4.36. The van der Waals surface area contributed by atoms with Crippen molar-refractivity contribution in [1.82, 2.24) is 10.3 Å². The van der Waals surface area contributed by atoms with Crippen LogP contribution in [0.4, 0.5) is 4.39 Å². The molecule has 1 aromatic heterocycles. The van der Waals surface area contributed by atoms with Gasteiger partial charge in [-0.05, 0) is 37.5 Å². The van der Waals surface area contributed by atoms with Gasteiger partial charge in [0.05, 0.1) is 17.0 Å². The van der Waals surface area contributed by atoms with Crippen LogP contribution in [-0.4, -0.2) is 10.9 Å². The summed E-state index contributed by atoms with van der Waals surface area (Å²) in [7, 11) is 0. The molecule has 0 radical (unpaired) electrons. The number of hydrogen-bond acceptors (Lipinski definition) is 3. The largest absolute Gasteiger partial charge is 0.350 e. The Morgan fingerprint density at radius 2 is 2.18 bits per heavy atom. The highest BCUT2D eigenvalue weighted by Gasteiger charge is 2.42. The van der Waals surface area contributed by atoms with Crippen LogP contribution in [-0.2, 0) is 16.8 Å². The predicted octanol–water partition coefficient (Wildman–Crippen LogP) is 3.72. The zero-order chi connectivity index (χ0) is 15.6. The molecule has 22 heavy (non-hydrogen) atoms. The Bertz CT molecular complexity index is 677. The molecule has 0 aliphatic heterocycles. The summed E-state index contributed by atoms with van der Waals surface area (Å²) in [6.45, 7) is 2.43. The summed E-state index contributed by atoms with van der Waals surface area (Å²) in [6, 6.07) is 6.47. The van der Waals surface area contributed by atoms with Gasteiger partial charge in [-0.25, -0.2) is 9.37 Å². The summed E-state index contributed by atoms with van der Waals surface area (Å²) in [6.07, 6.45) is 5.37. The number of carbonyl (C=O) groups excluding carboxylic acids is 1. The molecule has 0 bridgehead atoms. The van der Waals surface area contributed by atoms with Gasteiger partial charge in [0.25, 0.3) is 0 Å². The number of nitrogens with one attached hydrogen (secondary N) is 1. The van der Waals surface area contributed by atoms with E-state index in [4.69, 9.17) is 0 Å². The maximum Gasteiger partial charge on any atom is 0.230 e. The van der Waals surface area contributed by atoms with Crippen LogP contribution >= 0.6 is 11.3 Å². The topological polar surface area (TPSA) is 42.0 Å². The molecule has 1 aliphatic rings. The smallest absolute Gasteiger partial charge is 0.230 e. The minimum absolute atomic E-state index is 0.00153. The standard InChI is InChI=1S/C17H19FN2OS/c1-12-19-10-15(22-12)11-20-16(21)17(7-2-3-8-17)13-5-4-6-14(18)9-13/h4-6,9-10H,2-3,7-8,11H2,1H3,(H,20,21). The molecule has 0 saturated heterocycles. The number of thiazole rings is 1. The van der Waals surface area contributed by atoms with Gasteiger partial charge in [0, 0.05) is 11.1 Å². The van der Waals surface area contributed by atoms with E-state index in [1.165, 1.54) is 12.1 Å².